The van der Waals surface area contributed by atoms with Crippen molar-refractivity contribution in [3.05, 3.63) is 33.4 Å². The summed E-state index contributed by atoms with van der Waals surface area (Å²) in [6, 6.07) is 2.87. The lowest BCUT2D eigenvalue weighted by molar-refractivity contribution is -0.757. The van der Waals surface area contributed by atoms with Gasteiger partial charge in [0.05, 0.1) is 6.04 Å². The lowest BCUT2D eigenvalue weighted by atomic mass is 10.1. The highest BCUT2D eigenvalue weighted by Gasteiger charge is 2.12. The van der Waals surface area contributed by atoms with Crippen LogP contribution >= 0.6 is 0 Å². The van der Waals surface area contributed by atoms with E-state index in [1.54, 1.807) is 19.1 Å². The predicted octanol–water partition coefficient (Wildman–Crippen LogP) is 1.18. The first kappa shape index (κ1) is 16.7. The second-order valence-electron chi connectivity index (χ2n) is 4.62. The lowest BCUT2D eigenvalue weighted by Crippen LogP contribution is -2.32. The van der Waals surface area contributed by atoms with E-state index >= 15 is 0 Å². The molecule has 0 aliphatic rings. The van der Waals surface area contributed by atoms with Crippen LogP contribution in [-0.4, -0.2) is 30.2 Å². The van der Waals surface area contributed by atoms with E-state index in [9.17, 15) is 14.9 Å². The molecule has 0 fully saturated rings. The number of carbonyl (C=O) groups excluding carboxylic acids is 1. The standard InChI is InChI=1S/C13H19N3O5/c1-8-6-11(20-4-5-21-16(18)19)7-9(2)12(8)15-13(17)10(3)14/h6-7,10H,4-5,14H2,1-3H3,(H,15,17). The minimum absolute atomic E-state index is 0.0609. The molecule has 0 radical (unpaired) electrons. The van der Waals surface area contributed by atoms with E-state index in [4.69, 9.17) is 10.5 Å². The number of hydrogen-bond donors (Lipinski definition) is 2. The molecule has 21 heavy (non-hydrogen) atoms. The number of amides is 1. The molecule has 1 rings (SSSR count). The van der Waals surface area contributed by atoms with Crippen molar-refractivity contribution in [2.45, 2.75) is 26.8 Å². The SMILES string of the molecule is Cc1cc(OCCO[N+](=O)[O-])cc(C)c1NC(=O)C(C)N. The Morgan fingerprint density at radius 1 is 1.38 bits per heavy atom. The summed E-state index contributed by atoms with van der Waals surface area (Å²) in [5.74, 6) is 0.282. The van der Waals surface area contributed by atoms with Gasteiger partial charge in [-0.25, -0.2) is 0 Å². The molecule has 1 unspecified atom stereocenters. The van der Waals surface area contributed by atoms with E-state index in [0.29, 0.717) is 11.4 Å². The number of anilines is 1. The average Bonchev–Trinajstić information content (AvgIpc) is 2.38. The van der Waals surface area contributed by atoms with Gasteiger partial charge in [0.2, 0.25) is 5.91 Å². The number of aryl methyl sites for hydroxylation is 2. The van der Waals surface area contributed by atoms with E-state index in [0.717, 1.165) is 11.1 Å². The van der Waals surface area contributed by atoms with Crippen LogP contribution in [0, 0.1) is 24.0 Å². The average molecular weight is 297 g/mol. The molecule has 0 heterocycles. The van der Waals surface area contributed by atoms with Crippen LogP contribution in [-0.2, 0) is 9.63 Å². The van der Waals surface area contributed by atoms with Crippen molar-refractivity contribution in [1.82, 2.24) is 0 Å². The Morgan fingerprint density at radius 2 is 1.95 bits per heavy atom. The highest BCUT2D eigenvalue weighted by atomic mass is 17.0. The molecule has 116 valence electrons. The number of nitrogens with one attached hydrogen (secondary N) is 1. The van der Waals surface area contributed by atoms with Crippen molar-refractivity contribution < 1.29 is 19.5 Å². The van der Waals surface area contributed by atoms with Crippen LogP contribution in [0.15, 0.2) is 12.1 Å². The Morgan fingerprint density at radius 3 is 2.43 bits per heavy atom. The molecule has 8 nitrogen and oxygen atoms in total. The van der Waals surface area contributed by atoms with E-state index in [-0.39, 0.29) is 19.1 Å². The summed E-state index contributed by atoms with van der Waals surface area (Å²) in [5, 5.41) is 11.9. The predicted molar refractivity (Wildman–Crippen MR) is 76.6 cm³/mol. The maximum absolute atomic E-state index is 11.6. The molecule has 0 spiro atoms. The van der Waals surface area contributed by atoms with Gasteiger partial charge in [-0.1, -0.05) is 0 Å². The van der Waals surface area contributed by atoms with Crippen LogP contribution in [0.4, 0.5) is 5.69 Å². The van der Waals surface area contributed by atoms with Crippen LogP contribution in [0.25, 0.3) is 0 Å². The maximum atomic E-state index is 11.6. The Kier molecular flexibility index (Phi) is 5.92. The van der Waals surface area contributed by atoms with Gasteiger partial charge in [0.1, 0.15) is 19.0 Å². The van der Waals surface area contributed by atoms with Gasteiger partial charge in [-0.3, -0.25) is 4.79 Å². The quantitative estimate of drug-likeness (QED) is 0.443. The Bertz CT molecular complexity index is 508. The molecule has 0 aliphatic heterocycles. The van der Waals surface area contributed by atoms with Gasteiger partial charge in [-0.05, 0) is 44.0 Å². The molecule has 0 saturated heterocycles. The molecule has 0 saturated carbocycles. The maximum Gasteiger partial charge on any atom is 0.294 e. The molecule has 1 atom stereocenters. The summed E-state index contributed by atoms with van der Waals surface area (Å²) in [7, 11) is 0. The van der Waals surface area contributed by atoms with Gasteiger partial charge in [0, 0.05) is 5.69 Å². The molecule has 1 aromatic rings. The molecule has 1 amide bonds. The highest BCUT2D eigenvalue weighted by molar-refractivity contribution is 5.95. The molecule has 3 N–H and O–H groups in total. The van der Waals surface area contributed by atoms with Crippen molar-refractivity contribution >= 4 is 11.6 Å². The van der Waals surface area contributed by atoms with Crippen molar-refractivity contribution in [2.24, 2.45) is 5.73 Å². The zero-order valence-electron chi connectivity index (χ0n) is 12.2. The van der Waals surface area contributed by atoms with E-state index < -0.39 is 11.1 Å². The van der Waals surface area contributed by atoms with E-state index in [1.165, 1.54) is 0 Å². The zero-order chi connectivity index (χ0) is 16.0. The fourth-order valence-electron chi connectivity index (χ4n) is 1.71. The van der Waals surface area contributed by atoms with E-state index in [2.05, 4.69) is 10.2 Å². The Balaban J connectivity index is 2.71. The number of rotatable bonds is 7. The fourth-order valence-corrected chi connectivity index (χ4v) is 1.71. The highest BCUT2D eigenvalue weighted by Crippen LogP contribution is 2.26. The molecule has 0 bridgehead atoms. The molecular weight excluding hydrogens is 278 g/mol. The molecule has 1 aromatic carbocycles. The normalized spacial score (nSPS) is 11.6. The summed E-state index contributed by atoms with van der Waals surface area (Å²) in [6.45, 7) is 5.17. The van der Waals surface area contributed by atoms with Crippen LogP contribution in [0.1, 0.15) is 18.1 Å². The molecular formula is C13H19N3O5. The van der Waals surface area contributed by atoms with Crippen molar-refractivity contribution in [1.29, 1.82) is 0 Å². The van der Waals surface area contributed by atoms with E-state index in [1.807, 2.05) is 13.8 Å². The minimum Gasteiger partial charge on any atom is -0.492 e. The first-order valence-electron chi connectivity index (χ1n) is 6.39. The van der Waals surface area contributed by atoms with Crippen LogP contribution < -0.4 is 15.8 Å². The molecule has 8 heteroatoms. The first-order valence-corrected chi connectivity index (χ1v) is 6.39. The third-order valence-corrected chi connectivity index (χ3v) is 2.72. The second kappa shape index (κ2) is 7.44. The van der Waals surface area contributed by atoms with Gasteiger partial charge < -0.3 is 20.6 Å². The lowest BCUT2D eigenvalue weighted by Gasteiger charge is -2.15. The van der Waals surface area contributed by atoms with Crippen molar-refractivity contribution in [3.8, 4) is 5.75 Å². The third-order valence-electron chi connectivity index (χ3n) is 2.72. The largest absolute Gasteiger partial charge is 0.492 e. The first-order chi connectivity index (χ1) is 9.81. The van der Waals surface area contributed by atoms with Gasteiger partial charge in [0.25, 0.3) is 5.09 Å². The Labute approximate surface area is 122 Å². The minimum atomic E-state index is -0.869. The number of hydrogen-bond acceptors (Lipinski definition) is 6. The topological polar surface area (TPSA) is 117 Å². The van der Waals surface area contributed by atoms with Crippen molar-refractivity contribution in [3.63, 3.8) is 0 Å². The summed E-state index contributed by atoms with van der Waals surface area (Å²) in [6.07, 6.45) is 0. The van der Waals surface area contributed by atoms with Crippen LogP contribution in [0.5, 0.6) is 5.75 Å². The van der Waals surface area contributed by atoms with Gasteiger partial charge in [-0.2, -0.15) is 0 Å². The smallest absolute Gasteiger partial charge is 0.294 e. The van der Waals surface area contributed by atoms with Crippen LogP contribution in [0.3, 0.4) is 0 Å². The molecule has 0 aliphatic carbocycles. The summed E-state index contributed by atoms with van der Waals surface area (Å²) >= 11 is 0. The fraction of sp³-hybridized carbons (Fsp3) is 0.462. The van der Waals surface area contributed by atoms with Crippen LogP contribution in [0.2, 0.25) is 0 Å². The molecule has 0 aromatic heterocycles. The Hall–Kier alpha value is -2.35. The van der Waals surface area contributed by atoms with Gasteiger partial charge in [0.15, 0.2) is 0 Å². The second-order valence-corrected chi connectivity index (χ2v) is 4.62. The third kappa shape index (κ3) is 5.27. The number of nitrogens with zero attached hydrogens (tertiary/aromatic N) is 1. The monoisotopic (exact) mass is 297 g/mol. The number of carbonyl (C=O) groups is 1. The van der Waals surface area contributed by atoms with Gasteiger partial charge >= 0.3 is 0 Å². The summed E-state index contributed by atoms with van der Waals surface area (Å²) in [5.41, 5.74) is 7.83. The summed E-state index contributed by atoms with van der Waals surface area (Å²) in [4.78, 5) is 25.8. The zero-order valence-corrected chi connectivity index (χ0v) is 12.2. The van der Waals surface area contributed by atoms with Gasteiger partial charge in [-0.15, -0.1) is 10.1 Å². The summed E-state index contributed by atoms with van der Waals surface area (Å²) < 4.78 is 5.36. The van der Waals surface area contributed by atoms with Crippen molar-refractivity contribution in [2.75, 3.05) is 18.5 Å². The number of nitrogens with two attached hydrogens (primary N) is 1. The number of ether oxygens (including phenoxy) is 1. The number of benzene rings is 1.